The van der Waals surface area contributed by atoms with Gasteiger partial charge in [-0.2, -0.15) is 13.2 Å². The zero-order chi connectivity index (χ0) is 21.6. The highest BCUT2D eigenvalue weighted by molar-refractivity contribution is 5.98. The lowest BCUT2D eigenvalue weighted by Gasteiger charge is -2.13. The molecule has 160 valence electrons. The topological polar surface area (TPSA) is 88.5 Å². The number of alkyl halides is 3. The van der Waals surface area contributed by atoms with Crippen LogP contribution in [0.2, 0.25) is 0 Å². The Bertz CT molecular complexity index is 930. The standard InChI is InChI=1S/C19H20F3N5O3/c1-12(14-4-6-15(7-5-14)29-11-18-23-26-27-24-18)25-30-10-13-3-8-16(19(20,21)22)17(9-13)28-2/h3-9,26-27H,10-11H2,1-2H3,(H,23,24)/b25-12+. The largest absolute Gasteiger partial charge is 0.496 e. The molecule has 0 aliphatic carbocycles. The number of nitrogens with one attached hydrogen (secondary N) is 3. The van der Waals surface area contributed by atoms with Gasteiger partial charge in [-0.15, -0.1) is 10.6 Å². The Morgan fingerprint density at radius 2 is 1.87 bits per heavy atom. The Labute approximate surface area is 170 Å². The molecular weight excluding hydrogens is 403 g/mol. The molecular formula is C19H20F3N5O3. The van der Waals surface area contributed by atoms with Gasteiger partial charge < -0.3 is 14.3 Å². The lowest BCUT2D eigenvalue weighted by atomic mass is 10.1. The molecule has 0 bridgehead atoms. The van der Waals surface area contributed by atoms with Gasteiger partial charge in [0.15, 0.2) is 5.84 Å². The van der Waals surface area contributed by atoms with Crippen LogP contribution in [-0.2, 0) is 17.6 Å². The van der Waals surface area contributed by atoms with Crippen LogP contribution in [0.5, 0.6) is 11.5 Å². The van der Waals surface area contributed by atoms with Crippen LogP contribution >= 0.6 is 0 Å². The second-order valence-corrected chi connectivity index (χ2v) is 6.22. The van der Waals surface area contributed by atoms with Crippen LogP contribution in [0.25, 0.3) is 0 Å². The maximum Gasteiger partial charge on any atom is 0.419 e. The lowest BCUT2D eigenvalue weighted by molar-refractivity contribution is -0.138. The van der Waals surface area contributed by atoms with Crippen LogP contribution in [0.4, 0.5) is 13.2 Å². The molecule has 0 spiro atoms. The van der Waals surface area contributed by atoms with E-state index in [-0.39, 0.29) is 19.0 Å². The van der Waals surface area contributed by atoms with E-state index < -0.39 is 11.7 Å². The normalized spacial score (nSPS) is 13.9. The molecule has 0 amide bonds. The maximum absolute atomic E-state index is 12.9. The van der Waals surface area contributed by atoms with Crippen molar-refractivity contribution < 1.29 is 27.5 Å². The third kappa shape index (κ3) is 5.54. The van der Waals surface area contributed by atoms with Crippen molar-refractivity contribution in [2.24, 2.45) is 10.3 Å². The number of hydrazine groups is 2. The molecule has 0 atom stereocenters. The fourth-order valence-electron chi connectivity index (χ4n) is 2.55. The summed E-state index contributed by atoms with van der Waals surface area (Å²) in [5.74, 6) is 1.01. The zero-order valence-electron chi connectivity index (χ0n) is 16.2. The van der Waals surface area contributed by atoms with Crippen LogP contribution in [0.1, 0.15) is 23.6 Å². The van der Waals surface area contributed by atoms with E-state index in [2.05, 4.69) is 26.8 Å². The van der Waals surface area contributed by atoms with Gasteiger partial charge in [-0.1, -0.05) is 11.2 Å². The number of hydrogen-bond acceptors (Lipinski definition) is 8. The molecule has 1 heterocycles. The van der Waals surface area contributed by atoms with E-state index in [4.69, 9.17) is 14.3 Å². The fraction of sp³-hybridized carbons (Fsp3) is 0.263. The van der Waals surface area contributed by atoms with Crippen LogP contribution in [0, 0.1) is 0 Å². The zero-order valence-corrected chi connectivity index (χ0v) is 16.2. The molecule has 30 heavy (non-hydrogen) atoms. The van der Waals surface area contributed by atoms with E-state index in [1.165, 1.54) is 19.2 Å². The molecule has 0 saturated carbocycles. The second-order valence-electron chi connectivity index (χ2n) is 6.22. The van der Waals surface area contributed by atoms with E-state index >= 15 is 0 Å². The predicted octanol–water partition coefficient (Wildman–Crippen LogP) is 2.96. The number of halogens is 3. The van der Waals surface area contributed by atoms with E-state index in [1.54, 1.807) is 19.1 Å². The van der Waals surface area contributed by atoms with Crippen molar-refractivity contribution in [1.29, 1.82) is 0 Å². The molecule has 3 N–H and O–H groups in total. The second kappa shape index (κ2) is 9.35. The number of oxime groups is 1. The first-order chi connectivity index (χ1) is 14.4. The Morgan fingerprint density at radius 3 is 2.50 bits per heavy atom. The molecule has 11 heteroatoms. The van der Waals surface area contributed by atoms with Gasteiger partial charge in [0.05, 0.1) is 18.4 Å². The van der Waals surface area contributed by atoms with E-state index in [1.807, 2.05) is 12.1 Å². The first-order valence-electron chi connectivity index (χ1n) is 8.83. The molecule has 1 aliphatic rings. The van der Waals surface area contributed by atoms with Crippen molar-refractivity contribution in [3.05, 3.63) is 59.2 Å². The molecule has 0 unspecified atom stereocenters. The average molecular weight is 423 g/mol. The van der Waals surface area contributed by atoms with Gasteiger partial charge >= 0.3 is 6.18 Å². The molecule has 1 aliphatic heterocycles. The van der Waals surface area contributed by atoms with E-state index in [0.717, 1.165) is 11.6 Å². The molecule has 0 aromatic heterocycles. The van der Waals surface area contributed by atoms with Gasteiger partial charge in [0, 0.05) is 0 Å². The third-order valence-corrected chi connectivity index (χ3v) is 4.11. The van der Waals surface area contributed by atoms with Gasteiger partial charge in [0.2, 0.25) is 0 Å². The van der Waals surface area contributed by atoms with Crippen LogP contribution < -0.4 is 26.0 Å². The number of methoxy groups -OCH3 is 1. The highest BCUT2D eigenvalue weighted by Gasteiger charge is 2.34. The Kier molecular flexibility index (Phi) is 6.62. The van der Waals surface area contributed by atoms with Crippen molar-refractivity contribution in [2.45, 2.75) is 19.7 Å². The fourth-order valence-corrected chi connectivity index (χ4v) is 2.55. The first kappa shape index (κ1) is 21.2. The minimum atomic E-state index is -4.48. The molecule has 8 nitrogen and oxygen atoms in total. The number of amidine groups is 1. The SMILES string of the molecule is COc1cc(CO/N=C(\C)c2ccc(OCC3=NNNN3)cc2)ccc1C(F)(F)F. The van der Waals surface area contributed by atoms with Crippen molar-refractivity contribution in [3.63, 3.8) is 0 Å². The quantitative estimate of drug-likeness (QED) is 0.447. The monoisotopic (exact) mass is 423 g/mol. The van der Waals surface area contributed by atoms with Gasteiger partial charge in [0.1, 0.15) is 24.7 Å². The van der Waals surface area contributed by atoms with Gasteiger partial charge in [-0.05, 0) is 54.4 Å². The summed E-state index contributed by atoms with van der Waals surface area (Å²) in [5, 5.41) is 7.93. The number of hydrazone groups is 1. The summed E-state index contributed by atoms with van der Waals surface area (Å²) >= 11 is 0. The summed E-state index contributed by atoms with van der Waals surface area (Å²) in [5.41, 5.74) is 9.02. The molecule has 0 fully saturated rings. The first-order valence-corrected chi connectivity index (χ1v) is 8.83. The summed E-state index contributed by atoms with van der Waals surface area (Å²) in [4.78, 5) is 5.29. The number of benzene rings is 2. The third-order valence-electron chi connectivity index (χ3n) is 4.11. The van der Waals surface area contributed by atoms with Crippen molar-refractivity contribution >= 4 is 11.5 Å². The molecule has 3 rings (SSSR count). The summed E-state index contributed by atoms with van der Waals surface area (Å²) in [6, 6.07) is 10.8. The molecule has 0 saturated heterocycles. The van der Waals surface area contributed by atoms with Crippen molar-refractivity contribution in [3.8, 4) is 11.5 Å². The highest BCUT2D eigenvalue weighted by Crippen LogP contribution is 2.36. The van der Waals surface area contributed by atoms with Gasteiger partial charge in [-0.3, -0.25) is 5.43 Å². The number of hydrogen-bond donors (Lipinski definition) is 3. The van der Waals surface area contributed by atoms with Crippen molar-refractivity contribution in [1.82, 2.24) is 16.5 Å². The van der Waals surface area contributed by atoms with Crippen LogP contribution in [0.15, 0.2) is 52.7 Å². The predicted molar refractivity (Wildman–Crippen MR) is 104 cm³/mol. The number of nitrogens with zero attached hydrogens (tertiary/aromatic N) is 2. The number of rotatable bonds is 8. The maximum atomic E-state index is 12.9. The Morgan fingerprint density at radius 1 is 1.10 bits per heavy atom. The highest BCUT2D eigenvalue weighted by atomic mass is 19.4. The molecule has 0 radical (unpaired) electrons. The van der Waals surface area contributed by atoms with Gasteiger partial charge in [-0.25, -0.2) is 5.53 Å². The Hall–Kier alpha value is -3.47. The summed E-state index contributed by atoms with van der Waals surface area (Å²) < 4.78 is 49.1. The minimum Gasteiger partial charge on any atom is -0.496 e. The van der Waals surface area contributed by atoms with Crippen LogP contribution in [-0.4, -0.2) is 25.3 Å². The van der Waals surface area contributed by atoms with Gasteiger partial charge in [0.25, 0.3) is 0 Å². The molecule has 2 aromatic carbocycles. The Balaban J connectivity index is 1.55. The van der Waals surface area contributed by atoms with E-state index in [9.17, 15) is 13.2 Å². The lowest BCUT2D eigenvalue weighted by Crippen LogP contribution is -2.37. The summed E-state index contributed by atoms with van der Waals surface area (Å²) in [6.45, 7) is 2.04. The molecule has 2 aromatic rings. The average Bonchev–Trinajstić information content (AvgIpc) is 3.25. The summed E-state index contributed by atoms with van der Waals surface area (Å²) in [6.07, 6.45) is -4.48. The summed E-state index contributed by atoms with van der Waals surface area (Å²) in [7, 11) is 1.19. The van der Waals surface area contributed by atoms with E-state index in [0.29, 0.717) is 22.9 Å². The minimum absolute atomic E-state index is 0.00418. The number of ether oxygens (including phenoxy) is 2. The van der Waals surface area contributed by atoms with Crippen molar-refractivity contribution in [2.75, 3.05) is 13.7 Å². The van der Waals surface area contributed by atoms with Crippen LogP contribution in [0.3, 0.4) is 0 Å². The smallest absolute Gasteiger partial charge is 0.419 e.